The summed E-state index contributed by atoms with van der Waals surface area (Å²) in [4.78, 5) is 15.7. The van der Waals surface area contributed by atoms with E-state index in [9.17, 15) is 9.18 Å². The summed E-state index contributed by atoms with van der Waals surface area (Å²) in [6.45, 7) is 4.20. The summed E-state index contributed by atoms with van der Waals surface area (Å²) in [5.41, 5.74) is 4.54. The van der Waals surface area contributed by atoms with E-state index >= 15 is 0 Å². The summed E-state index contributed by atoms with van der Waals surface area (Å²) in [6, 6.07) is 6.46. The van der Waals surface area contributed by atoms with Crippen LogP contribution >= 0.6 is 23.2 Å². The molecule has 0 bridgehead atoms. The summed E-state index contributed by atoms with van der Waals surface area (Å²) >= 11 is 12.1. The number of aromatic nitrogens is 2. The fourth-order valence-electron chi connectivity index (χ4n) is 2.60. The molecule has 0 spiro atoms. The van der Waals surface area contributed by atoms with Gasteiger partial charge < -0.3 is 4.57 Å². The number of benzene rings is 2. The topological polar surface area (TPSA) is 34.9 Å². The lowest BCUT2D eigenvalue weighted by molar-refractivity contribution is 0.112. The zero-order valence-electron chi connectivity index (χ0n) is 12.5. The number of nitrogens with zero attached hydrogens (tertiary/aromatic N) is 2. The molecule has 1 aromatic heterocycles. The Morgan fingerprint density at radius 2 is 2.00 bits per heavy atom. The third-order valence-corrected chi connectivity index (χ3v) is 4.58. The van der Waals surface area contributed by atoms with Crippen molar-refractivity contribution in [2.24, 2.45) is 0 Å². The van der Waals surface area contributed by atoms with Crippen LogP contribution in [0.2, 0.25) is 10.3 Å². The number of halogens is 3. The van der Waals surface area contributed by atoms with Crippen molar-refractivity contribution in [3.63, 3.8) is 0 Å². The molecule has 0 aliphatic carbocycles. The van der Waals surface area contributed by atoms with Gasteiger partial charge in [-0.25, -0.2) is 9.37 Å². The molecule has 3 rings (SSSR count). The van der Waals surface area contributed by atoms with Gasteiger partial charge in [-0.15, -0.1) is 0 Å². The highest BCUT2D eigenvalue weighted by Crippen LogP contribution is 2.28. The molecule has 0 aliphatic rings. The number of aryl methyl sites for hydroxylation is 1. The Morgan fingerprint density at radius 3 is 2.65 bits per heavy atom. The number of carbonyl (C=O) groups excluding carboxylic acids is 1. The first-order chi connectivity index (χ1) is 10.9. The van der Waals surface area contributed by atoms with Crippen LogP contribution in [0.25, 0.3) is 11.0 Å². The molecule has 1 heterocycles. The van der Waals surface area contributed by atoms with E-state index in [0.29, 0.717) is 17.6 Å². The van der Waals surface area contributed by atoms with Crippen molar-refractivity contribution in [3.05, 3.63) is 62.6 Å². The van der Waals surface area contributed by atoms with E-state index in [1.807, 2.05) is 19.9 Å². The fraction of sp³-hybridized carbons (Fsp3) is 0.176. The number of aldehydes is 1. The summed E-state index contributed by atoms with van der Waals surface area (Å²) in [5, 5.41) is 0.331. The predicted molar refractivity (Wildman–Crippen MR) is 90.1 cm³/mol. The quantitative estimate of drug-likeness (QED) is 0.625. The van der Waals surface area contributed by atoms with Gasteiger partial charge in [-0.1, -0.05) is 17.7 Å². The first-order valence-corrected chi connectivity index (χ1v) is 7.73. The third kappa shape index (κ3) is 2.73. The van der Waals surface area contributed by atoms with E-state index in [-0.39, 0.29) is 10.3 Å². The molecule has 0 fully saturated rings. The Hall–Kier alpha value is -1.91. The van der Waals surface area contributed by atoms with Gasteiger partial charge in [0.1, 0.15) is 11.3 Å². The standard InChI is InChI=1S/C17H13Cl2FN2O/c1-9-5-15-16(12(8-23)10(9)2)21-17(19)22(15)7-11-3-4-14(20)13(18)6-11/h3-6,8H,7H2,1-2H3. The highest BCUT2D eigenvalue weighted by atomic mass is 35.5. The number of fused-ring (bicyclic) bond motifs is 1. The average molecular weight is 351 g/mol. The second-order valence-electron chi connectivity index (χ2n) is 5.43. The van der Waals surface area contributed by atoms with Gasteiger partial charge in [-0.2, -0.15) is 0 Å². The largest absolute Gasteiger partial charge is 0.310 e. The number of hydrogen-bond donors (Lipinski definition) is 0. The SMILES string of the molecule is Cc1cc2c(nc(Cl)n2Cc2ccc(F)c(Cl)c2)c(C=O)c1C. The monoisotopic (exact) mass is 350 g/mol. The second-order valence-corrected chi connectivity index (χ2v) is 6.18. The molecular formula is C17H13Cl2FN2O. The maximum atomic E-state index is 13.3. The summed E-state index contributed by atoms with van der Waals surface area (Å²) in [6.07, 6.45) is 0.799. The Labute approximate surface area is 142 Å². The fourth-order valence-corrected chi connectivity index (χ4v) is 3.04. The third-order valence-electron chi connectivity index (χ3n) is 4.01. The van der Waals surface area contributed by atoms with Gasteiger partial charge in [0.2, 0.25) is 5.28 Å². The van der Waals surface area contributed by atoms with E-state index < -0.39 is 5.82 Å². The van der Waals surface area contributed by atoms with Gasteiger partial charge in [-0.3, -0.25) is 4.79 Å². The second kappa shape index (κ2) is 5.95. The Balaban J connectivity index is 2.17. The minimum atomic E-state index is -0.466. The zero-order valence-corrected chi connectivity index (χ0v) is 14.0. The molecule has 6 heteroatoms. The molecule has 118 valence electrons. The van der Waals surface area contributed by atoms with Gasteiger partial charge in [0.05, 0.1) is 17.1 Å². The number of imidazole rings is 1. The van der Waals surface area contributed by atoms with Gasteiger partial charge in [-0.05, 0) is 60.3 Å². The Bertz CT molecular complexity index is 934. The smallest absolute Gasteiger partial charge is 0.204 e. The number of hydrogen-bond acceptors (Lipinski definition) is 2. The Morgan fingerprint density at radius 1 is 1.26 bits per heavy atom. The number of carbonyl (C=O) groups is 1. The van der Waals surface area contributed by atoms with E-state index in [0.717, 1.165) is 28.5 Å². The van der Waals surface area contributed by atoms with Gasteiger partial charge in [0, 0.05) is 5.56 Å². The van der Waals surface area contributed by atoms with Crippen molar-refractivity contribution in [2.75, 3.05) is 0 Å². The Kier molecular flexibility index (Phi) is 4.13. The van der Waals surface area contributed by atoms with Gasteiger partial charge in [0.15, 0.2) is 6.29 Å². The van der Waals surface area contributed by atoms with E-state index in [1.165, 1.54) is 6.07 Å². The number of rotatable bonds is 3. The molecule has 0 atom stereocenters. The van der Waals surface area contributed by atoms with Crippen LogP contribution in [0.5, 0.6) is 0 Å². The lowest BCUT2D eigenvalue weighted by Crippen LogP contribution is -2.01. The molecule has 0 unspecified atom stereocenters. The molecule has 0 amide bonds. The predicted octanol–water partition coefficient (Wildman–Crippen LogP) is 4.96. The average Bonchev–Trinajstić information content (AvgIpc) is 2.80. The van der Waals surface area contributed by atoms with Crippen LogP contribution in [-0.2, 0) is 6.54 Å². The molecule has 3 nitrogen and oxygen atoms in total. The van der Waals surface area contributed by atoms with Crippen LogP contribution < -0.4 is 0 Å². The lowest BCUT2D eigenvalue weighted by Gasteiger charge is -2.09. The maximum absolute atomic E-state index is 13.3. The molecule has 0 saturated carbocycles. The minimum Gasteiger partial charge on any atom is -0.310 e. The van der Waals surface area contributed by atoms with Crippen molar-refractivity contribution in [1.82, 2.24) is 9.55 Å². The van der Waals surface area contributed by atoms with Crippen LogP contribution in [0.1, 0.15) is 27.0 Å². The van der Waals surface area contributed by atoms with Crippen LogP contribution in [0, 0.1) is 19.7 Å². The normalized spacial score (nSPS) is 11.2. The highest BCUT2D eigenvalue weighted by Gasteiger charge is 2.16. The zero-order chi connectivity index (χ0) is 16.7. The first kappa shape index (κ1) is 16.0. The van der Waals surface area contributed by atoms with E-state index in [1.54, 1.807) is 16.7 Å². The highest BCUT2D eigenvalue weighted by molar-refractivity contribution is 6.30. The van der Waals surface area contributed by atoms with Crippen molar-refractivity contribution in [1.29, 1.82) is 0 Å². The van der Waals surface area contributed by atoms with E-state index in [4.69, 9.17) is 23.2 Å². The molecule has 0 N–H and O–H groups in total. The summed E-state index contributed by atoms with van der Waals surface area (Å²) in [5.74, 6) is -0.466. The molecular weight excluding hydrogens is 338 g/mol. The van der Waals surface area contributed by atoms with Crippen molar-refractivity contribution in [3.8, 4) is 0 Å². The first-order valence-electron chi connectivity index (χ1n) is 6.97. The van der Waals surface area contributed by atoms with Crippen molar-refractivity contribution in [2.45, 2.75) is 20.4 Å². The van der Waals surface area contributed by atoms with Crippen molar-refractivity contribution >= 4 is 40.5 Å². The summed E-state index contributed by atoms with van der Waals surface area (Å²) in [7, 11) is 0. The van der Waals surface area contributed by atoms with Crippen LogP contribution in [0.3, 0.4) is 0 Å². The van der Waals surface area contributed by atoms with Crippen LogP contribution in [0.15, 0.2) is 24.3 Å². The molecule has 0 saturated heterocycles. The van der Waals surface area contributed by atoms with Crippen LogP contribution in [-0.4, -0.2) is 15.8 Å². The molecule has 0 radical (unpaired) electrons. The summed E-state index contributed by atoms with van der Waals surface area (Å²) < 4.78 is 15.1. The molecule has 0 aliphatic heterocycles. The van der Waals surface area contributed by atoms with E-state index in [2.05, 4.69) is 4.98 Å². The molecule has 23 heavy (non-hydrogen) atoms. The molecule has 3 aromatic rings. The lowest BCUT2D eigenvalue weighted by atomic mass is 10.0. The maximum Gasteiger partial charge on any atom is 0.204 e. The van der Waals surface area contributed by atoms with Crippen LogP contribution in [0.4, 0.5) is 4.39 Å². The van der Waals surface area contributed by atoms with Gasteiger partial charge >= 0.3 is 0 Å². The minimum absolute atomic E-state index is 0.0589. The molecule has 2 aromatic carbocycles. The van der Waals surface area contributed by atoms with Crippen molar-refractivity contribution < 1.29 is 9.18 Å². The van der Waals surface area contributed by atoms with Gasteiger partial charge in [0.25, 0.3) is 0 Å².